The Morgan fingerprint density at radius 2 is 1.87 bits per heavy atom. The molecule has 0 aliphatic carbocycles. The third kappa shape index (κ3) is 8.46. The Kier molecular flexibility index (Phi) is 10.3. The minimum absolute atomic E-state index is 0.00558. The molecule has 0 amide bonds. The highest BCUT2D eigenvalue weighted by molar-refractivity contribution is 7.09. The zero-order valence-corrected chi connectivity index (χ0v) is 19.2. The first kappa shape index (κ1) is 24.4. The molecule has 0 radical (unpaired) electrons. The SMILES string of the molecule is C/C(=C\c1csc(C)n1)C1CCCCCCCC(N=O)CC(=O)C(C)CCC(=O)O1. The van der Waals surface area contributed by atoms with Crippen LogP contribution in [-0.4, -0.2) is 28.9 Å². The average molecular weight is 435 g/mol. The van der Waals surface area contributed by atoms with Crippen LogP contribution in [0.15, 0.2) is 16.1 Å². The quantitative estimate of drug-likeness (QED) is 0.429. The smallest absolute Gasteiger partial charge is 0.306 e. The summed E-state index contributed by atoms with van der Waals surface area (Å²) >= 11 is 1.60. The Morgan fingerprint density at radius 1 is 1.17 bits per heavy atom. The molecule has 6 nitrogen and oxygen atoms in total. The van der Waals surface area contributed by atoms with Crippen LogP contribution in [0.1, 0.15) is 88.8 Å². The molecule has 1 fully saturated rings. The van der Waals surface area contributed by atoms with Gasteiger partial charge in [-0.25, -0.2) is 4.98 Å². The van der Waals surface area contributed by atoms with Gasteiger partial charge in [0.15, 0.2) is 0 Å². The molecule has 2 heterocycles. The number of carbonyl (C=O) groups is 2. The predicted octanol–water partition coefficient (Wildman–Crippen LogP) is 6.02. The summed E-state index contributed by atoms with van der Waals surface area (Å²) < 4.78 is 5.81. The Bertz CT molecular complexity index is 743. The summed E-state index contributed by atoms with van der Waals surface area (Å²) in [5.41, 5.74) is 1.90. The van der Waals surface area contributed by atoms with Gasteiger partial charge in [-0.15, -0.1) is 11.3 Å². The molecule has 1 aliphatic heterocycles. The summed E-state index contributed by atoms with van der Waals surface area (Å²) in [5.74, 6) is -0.548. The second kappa shape index (κ2) is 12.7. The van der Waals surface area contributed by atoms with Gasteiger partial charge in [-0.2, -0.15) is 4.91 Å². The number of ketones is 1. The van der Waals surface area contributed by atoms with Crippen LogP contribution < -0.4 is 0 Å². The van der Waals surface area contributed by atoms with E-state index in [4.69, 9.17) is 4.74 Å². The predicted molar refractivity (Wildman–Crippen MR) is 120 cm³/mol. The van der Waals surface area contributed by atoms with Gasteiger partial charge in [0.1, 0.15) is 11.9 Å². The first-order valence-electron chi connectivity index (χ1n) is 11.0. The van der Waals surface area contributed by atoms with Crippen LogP contribution in [0.5, 0.6) is 0 Å². The number of nitroso groups, excluding NO2 is 1. The van der Waals surface area contributed by atoms with Crippen molar-refractivity contribution in [3.63, 3.8) is 0 Å². The van der Waals surface area contributed by atoms with E-state index in [0.717, 1.165) is 54.8 Å². The van der Waals surface area contributed by atoms with Crippen molar-refractivity contribution in [3.05, 3.63) is 26.6 Å². The van der Waals surface area contributed by atoms with Gasteiger partial charge in [-0.05, 0) is 51.2 Å². The van der Waals surface area contributed by atoms with E-state index in [-0.39, 0.29) is 36.6 Å². The fourth-order valence-electron chi connectivity index (χ4n) is 3.73. The van der Waals surface area contributed by atoms with Crippen molar-refractivity contribution < 1.29 is 14.3 Å². The number of rotatable bonds is 3. The van der Waals surface area contributed by atoms with Crippen LogP contribution in [0.2, 0.25) is 0 Å². The Labute approximate surface area is 183 Å². The minimum atomic E-state index is -0.439. The maximum atomic E-state index is 12.5. The van der Waals surface area contributed by atoms with Crippen LogP contribution in [0.4, 0.5) is 0 Å². The van der Waals surface area contributed by atoms with Crippen molar-refractivity contribution in [3.8, 4) is 0 Å². The third-order valence-electron chi connectivity index (χ3n) is 5.71. The molecule has 1 saturated heterocycles. The summed E-state index contributed by atoms with van der Waals surface area (Å²) in [6.45, 7) is 5.77. The lowest BCUT2D eigenvalue weighted by Gasteiger charge is -2.20. The number of ether oxygens (including phenoxy) is 1. The molecule has 1 aromatic rings. The summed E-state index contributed by atoms with van der Waals surface area (Å²) in [5, 5.41) is 6.16. The number of aromatic nitrogens is 1. The number of Topliss-reactive ketones (excluding diaryl/α,β-unsaturated/α-hetero) is 1. The standard InChI is InChI=1S/C23H34N2O4S/c1-16-11-12-23(27)29-22(17(2)13-20-15-30-18(3)24-20)10-8-6-4-5-7-9-19(25-28)14-21(16)26/h13,15-16,19,22H,4-12,14H2,1-3H3/b17-13+. The van der Waals surface area contributed by atoms with E-state index in [1.807, 2.05) is 32.2 Å². The second-order valence-electron chi connectivity index (χ2n) is 8.37. The molecule has 2 rings (SSSR count). The van der Waals surface area contributed by atoms with Gasteiger partial charge >= 0.3 is 5.97 Å². The van der Waals surface area contributed by atoms with E-state index in [2.05, 4.69) is 10.2 Å². The van der Waals surface area contributed by atoms with Crippen LogP contribution in [-0.2, 0) is 14.3 Å². The number of cyclic esters (lactones) is 1. The fourth-order valence-corrected chi connectivity index (χ4v) is 4.30. The number of thiazole rings is 1. The van der Waals surface area contributed by atoms with Crippen LogP contribution >= 0.6 is 11.3 Å². The first-order chi connectivity index (χ1) is 14.4. The number of nitrogens with zero attached hydrogens (tertiary/aromatic N) is 2. The summed E-state index contributed by atoms with van der Waals surface area (Å²) in [6, 6.07) is -0.439. The van der Waals surface area contributed by atoms with Gasteiger partial charge < -0.3 is 4.74 Å². The van der Waals surface area contributed by atoms with Gasteiger partial charge in [0, 0.05) is 24.1 Å². The summed E-state index contributed by atoms with van der Waals surface area (Å²) in [7, 11) is 0. The highest BCUT2D eigenvalue weighted by atomic mass is 32.1. The number of carbonyl (C=O) groups excluding carboxylic acids is 2. The number of hydrogen-bond acceptors (Lipinski definition) is 7. The van der Waals surface area contributed by atoms with Crippen molar-refractivity contribution in [2.45, 2.75) is 97.1 Å². The molecular formula is C23H34N2O4S. The van der Waals surface area contributed by atoms with Crippen molar-refractivity contribution in [1.29, 1.82) is 0 Å². The van der Waals surface area contributed by atoms with E-state index < -0.39 is 6.04 Å². The number of hydrogen-bond donors (Lipinski definition) is 0. The molecule has 166 valence electrons. The molecule has 1 aromatic heterocycles. The maximum Gasteiger partial charge on any atom is 0.306 e. The van der Waals surface area contributed by atoms with Gasteiger partial charge in [-0.3, -0.25) is 9.59 Å². The van der Waals surface area contributed by atoms with E-state index in [9.17, 15) is 14.5 Å². The monoisotopic (exact) mass is 434 g/mol. The molecule has 30 heavy (non-hydrogen) atoms. The Hall–Kier alpha value is -1.89. The minimum Gasteiger partial charge on any atom is -0.458 e. The topological polar surface area (TPSA) is 85.7 Å². The van der Waals surface area contributed by atoms with Crippen molar-refractivity contribution in [2.24, 2.45) is 11.1 Å². The van der Waals surface area contributed by atoms with Crippen LogP contribution in [0.3, 0.4) is 0 Å². The zero-order valence-electron chi connectivity index (χ0n) is 18.4. The Balaban J connectivity index is 2.05. The lowest BCUT2D eigenvalue weighted by atomic mass is 9.93. The maximum absolute atomic E-state index is 12.5. The lowest BCUT2D eigenvalue weighted by molar-refractivity contribution is -0.148. The van der Waals surface area contributed by atoms with Gasteiger partial charge in [0.25, 0.3) is 0 Å². The molecule has 0 spiro atoms. The largest absolute Gasteiger partial charge is 0.458 e. The normalized spacial score (nSPS) is 26.2. The highest BCUT2D eigenvalue weighted by Gasteiger charge is 2.22. The van der Waals surface area contributed by atoms with Crippen molar-refractivity contribution in [1.82, 2.24) is 4.98 Å². The van der Waals surface area contributed by atoms with Gasteiger partial charge in [0.2, 0.25) is 0 Å². The van der Waals surface area contributed by atoms with Crippen LogP contribution in [0.25, 0.3) is 6.08 Å². The fraction of sp³-hybridized carbons (Fsp3) is 0.696. The zero-order chi connectivity index (χ0) is 21.9. The second-order valence-corrected chi connectivity index (χ2v) is 9.43. The van der Waals surface area contributed by atoms with Gasteiger partial charge in [0.05, 0.1) is 16.7 Å². The van der Waals surface area contributed by atoms with E-state index in [1.54, 1.807) is 11.3 Å². The molecule has 0 bridgehead atoms. The lowest BCUT2D eigenvalue weighted by Crippen LogP contribution is -2.22. The van der Waals surface area contributed by atoms with Crippen molar-refractivity contribution >= 4 is 29.2 Å². The number of esters is 1. The van der Waals surface area contributed by atoms with E-state index in [1.165, 1.54) is 0 Å². The van der Waals surface area contributed by atoms with Crippen molar-refractivity contribution in [2.75, 3.05) is 0 Å². The number of aryl methyl sites for hydroxylation is 1. The molecule has 7 heteroatoms. The molecular weight excluding hydrogens is 400 g/mol. The summed E-state index contributed by atoms with van der Waals surface area (Å²) in [6.07, 6.45) is 9.02. The molecule has 3 atom stereocenters. The Morgan fingerprint density at radius 3 is 2.53 bits per heavy atom. The third-order valence-corrected chi connectivity index (χ3v) is 6.51. The molecule has 1 aliphatic rings. The molecule has 0 N–H and O–H groups in total. The van der Waals surface area contributed by atoms with Gasteiger partial charge in [-0.1, -0.05) is 37.8 Å². The highest BCUT2D eigenvalue weighted by Crippen LogP contribution is 2.22. The summed E-state index contributed by atoms with van der Waals surface area (Å²) in [4.78, 5) is 40.4. The molecule has 0 saturated carbocycles. The average Bonchev–Trinajstić information content (AvgIpc) is 3.12. The first-order valence-corrected chi connectivity index (χ1v) is 11.9. The van der Waals surface area contributed by atoms with E-state index >= 15 is 0 Å². The van der Waals surface area contributed by atoms with E-state index in [0.29, 0.717) is 12.8 Å². The van der Waals surface area contributed by atoms with Crippen LogP contribution in [0, 0.1) is 17.7 Å². The molecule has 0 aromatic carbocycles. The molecule has 3 unspecified atom stereocenters.